The van der Waals surface area contributed by atoms with E-state index in [4.69, 9.17) is 11.6 Å². The fourth-order valence-electron chi connectivity index (χ4n) is 4.00. The second kappa shape index (κ2) is 11.1. The van der Waals surface area contributed by atoms with Crippen LogP contribution in [0.5, 0.6) is 0 Å². The third-order valence-corrected chi connectivity index (χ3v) is 5.81. The summed E-state index contributed by atoms with van der Waals surface area (Å²) in [5.74, 6) is -1.21. The average molecular weight is 431 g/mol. The first-order valence-electron chi connectivity index (χ1n) is 10.5. The number of alkyl halides is 1. The molecule has 2 amide bonds. The molecular formula is C24H28ClFN2O2. The number of halogens is 2. The van der Waals surface area contributed by atoms with Crippen LogP contribution >= 0.6 is 11.6 Å². The Balaban J connectivity index is 1.91. The lowest BCUT2D eigenvalue weighted by atomic mass is 10.0. The van der Waals surface area contributed by atoms with Gasteiger partial charge < -0.3 is 10.2 Å². The molecule has 2 aromatic rings. The SMILES string of the molecule is O=C(NC1CCCCCC1)[C@H](c1ccc(F)cc1)N(Cc1ccccc1)C(=O)CCl. The molecule has 1 aliphatic rings. The quantitative estimate of drug-likeness (QED) is 0.497. The topological polar surface area (TPSA) is 49.4 Å². The van der Waals surface area contributed by atoms with E-state index >= 15 is 0 Å². The molecule has 1 aliphatic carbocycles. The summed E-state index contributed by atoms with van der Waals surface area (Å²) in [7, 11) is 0. The van der Waals surface area contributed by atoms with Crippen molar-refractivity contribution in [2.24, 2.45) is 0 Å². The van der Waals surface area contributed by atoms with Gasteiger partial charge >= 0.3 is 0 Å². The maximum Gasteiger partial charge on any atom is 0.247 e. The summed E-state index contributed by atoms with van der Waals surface area (Å²) in [6, 6.07) is 14.4. The normalized spacial score (nSPS) is 15.8. The van der Waals surface area contributed by atoms with Crippen molar-refractivity contribution in [2.45, 2.75) is 57.2 Å². The molecule has 160 valence electrons. The van der Waals surface area contributed by atoms with E-state index in [1.54, 1.807) is 12.1 Å². The maximum atomic E-state index is 13.5. The molecule has 4 nitrogen and oxygen atoms in total. The van der Waals surface area contributed by atoms with Crippen molar-refractivity contribution in [1.82, 2.24) is 10.2 Å². The third kappa shape index (κ3) is 6.05. The van der Waals surface area contributed by atoms with Gasteiger partial charge in [-0.3, -0.25) is 9.59 Å². The van der Waals surface area contributed by atoms with E-state index in [1.807, 2.05) is 30.3 Å². The summed E-state index contributed by atoms with van der Waals surface area (Å²) in [5.41, 5.74) is 1.46. The standard InChI is InChI=1S/C24H28ClFN2O2/c25-16-22(29)28(17-18-8-4-3-5-9-18)23(19-12-14-20(26)15-13-19)24(30)27-21-10-6-1-2-7-11-21/h3-5,8-9,12-15,21,23H,1-2,6-7,10-11,16-17H2,(H,27,30)/t23-/m0/s1. The van der Waals surface area contributed by atoms with Gasteiger partial charge in [-0.25, -0.2) is 4.39 Å². The van der Waals surface area contributed by atoms with Gasteiger partial charge in [0, 0.05) is 12.6 Å². The van der Waals surface area contributed by atoms with E-state index in [9.17, 15) is 14.0 Å². The van der Waals surface area contributed by atoms with Crippen molar-refractivity contribution in [3.63, 3.8) is 0 Å². The van der Waals surface area contributed by atoms with Gasteiger partial charge in [-0.2, -0.15) is 0 Å². The van der Waals surface area contributed by atoms with Crippen LogP contribution in [-0.2, 0) is 16.1 Å². The van der Waals surface area contributed by atoms with Crippen LogP contribution in [0.3, 0.4) is 0 Å². The van der Waals surface area contributed by atoms with Crippen molar-refractivity contribution in [2.75, 3.05) is 5.88 Å². The highest BCUT2D eigenvalue weighted by Gasteiger charge is 2.32. The molecule has 1 fully saturated rings. The van der Waals surface area contributed by atoms with E-state index in [2.05, 4.69) is 5.32 Å². The van der Waals surface area contributed by atoms with Gasteiger partial charge in [-0.05, 0) is 36.1 Å². The van der Waals surface area contributed by atoms with E-state index in [0.29, 0.717) is 5.56 Å². The molecule has 1 saturated carbocycles. The zero-order valence-electron chi connectivity index (χ0n) is 17.0. The number of nitrogens with one attached hydrogen (secondary N) is 1. The van der Waals surface area contributed by atoms with Crippen LogP contribution in [-0.4, -0.2) is 28.6 Å². The van der Waals surface area contributed by atoms with Gasteiger partial charge in [0.1, 0.15) is 17.7 Å². The Hall–Kier alpha value is -2.40. The van der Waals surface area contributed by atoms with Gasteiger partial charge in [-0.15, -0.1) is 11.6 Å². The van der Waals surface area contributed by atoms with Gasteiger partial charge in [0.25, 0.3) is 0 Å². The smallest absolute Gasteiger partial charge is 0.247 e. The van der Waals surface area contributed by atoms with E-state index in [-0.39, 0.29) is 36.1 Å². The van der Waals surface area contributed by atoms with Crippen LogP contribution in [0.25, 0.3) is 0 Å². The monoisotopic (exact) mass is 430 g/mol. The second-order valence-electron chi connectivity index (χ2n) is 7.79. The Bertz CT molecular complexity index is 821. The van der Waals surface area contributed by atoms with Crippen molar-refractivity contribution >= 4 is 23.4 Å². The van der Waals surface area contributed by atoms with Crippen molar-refractivity contribution in [1.29, 1.82) is 0 Å². The number of amides is 2. The Morgan fingerprint density at radius 1 is 1.00 bits per heavy atom. The molecule has 6 heteroatoms. The molecular weight excluding hydrogens is 403 g/mol. The molecule has 0 aromatic heterocycles. The number of carbonyl (C=O) groups excluding carboxylic acids is 2. The van der Waals surface area contributed by atoms with Crippen LogP contribution < -0.4 is 5.32 Å². The molecule has 1 atom stereocenters. The Morgan fingerprint density at radius 2 is 1.63 bits per heavy atom. The maximum absolute atomic E-state index is 13.5. The lowest BCUT2D eigenvalue weighted by molar-refractivity contribution is -0.140. The summed E-state index contributed by atoms with van der Waals surface area (Å²) < 4.78 is 13.5. The first kappa shape index (κ1) is 22.3. The first-order chi connectivity index (χ1) is 14.6. The Kier molecular flexibility index (Phi) is 8.26. The number of carbonyl (C=O) groups is 2. The zero-order chi connectivity index (χ0) is 21.3. The lowest BCUT2D eigenvalue weighted by Crippen LogP contribution is -2.46. The Morgan fingerprint density at radius 3 is 2.23 bits per heavy atom. The van der Waals surface area contributed by atoms with Gasteiger partial charge in [0.2, 0.25) is 11.8 Å². The minimum atomic E-state index is -0.875. The number of benzene rings is 2. The number of hydrogen-bond acceptors (Lipinski definition) is 2. The number of hydrogen-bond donors (Lipinski definition) is 1. The van der Waals surface area contributed by atoms with Crippen molar-refractivity contribution in [3.8, 4) is 0 Å². The fraction of sp³-hybridized carbons (Fsp3) is 0.417. The molecule has 0 aliphatic heterocycles. The van der Waals surface area contributed by atoms with Crippen LogP contribution in [0, 0.1) is 5.82 Å². The number of rotatable bonds is 7. The molecule has 0 bridgehead atoms. The molecule has 3 rings (SSSR count). The van der Waals surface area contributed by atoms with Crippen LogP contribution in [0.15, 0.2) is 54.6 Å². The number of nitrogens with zero attached hydrogens (tertiary/aromatic N) is 1. The summed E-state index contributed by atoms with van der Waals surface area (Å²) in [6.45, 7) is 0.243. The van der Waals surface area contributed by atoms with E-state index < -0.39 is 6.04 Å². The highest BCUT2D eigenvalue weighted by atomic mass is 35.5. The Labute approximate surface area is 182 Å². The fourth-order valence-corrected chi connectivity index (χ4v) is 4.16. The molecule has 0 radical (unpaired) electrons. The third-order valence-electron chi connectivity index (χ3n) is 5.58. The second-order valence-corrected chi connectivity index (χ2v) is 8.06. The van der Waals surface area contributed by atoms with Crippen LogP contribution in [0.1, 0.15) is 55.7 Å². The van der Waals surface area contributed by atoms with Crippen molar-refractivity contribution < 1.29 is 14.0 Å². The molecule has 0 heterocycles. The largest absolute Gasteiger partial charge is 0.351 e. The zero-order valence-corrected chi connectivity index (χ0v) is 17.8. The lowest BCUT2D eigenvalue weighted by Gasteiger charge is -2.32. The minimum absolute atomic E-state index is 0.0904. The molecule has 0 saturated heterocycles. The highest BCUT2D eigenvalue weighted by molar-refractivity contribution is 6.27. The highest BCUT2D eigenvalue weighted by Crippen LogP contribution is 2.26. The average Bonchev–Trinajstić information content (AvgIpc) is 3.03. The van der Waals surface area contributed by atoms with E-state index in [1.165, 1.54) is 29.9 Å². The minimum Gasteiger partial charge on any atom is -0.351 e. The predicted octanol–water partition coefficient (Wildman–Crippen LogP) is 4.97. The summed E-state index contributed by atoms with van der Waals surface area (Å²) >= 11 is 5.90. The van der Waals surface area contributed by atoms with E-state index in [0.717, 1.165) is 31.2 Å². The molecule has 2 aromatic carbocycles. The summed E-state index contributed by atoms with van der Waals surface area (Å²) in [5, 5.41) is 3.15. The molecule has 0 spiro atoms. The summed E-state index contributed by atoms with van der Waals surface area (Å²) in [6.07, 6.45) is 6.40. The molecule has 0 unspecified atom stereocenters. The van der Waals surface area contributed by atoms with Gasteiger partial charge in [0.05, 0.1) is 0 Å². The van der Waals surface area contributed by atoms with Crippen LogP contribution in [0.2, 0.25) is 0 Å². The van der Waals surface area contributed by atoms with Crippen molar-refractivity contribution in [3.05, 3.63) is 71.5 Å². The van der Waals surface area contributed by atoms with Gasteiger partial charge in [-0.1, -0.05) is 68.1 Å². The molecule has 1 N–H and O–H groups in total. The molecule has 30 heavy (non-hydrogen) atoms. The first-order valence-corrected chi connectivity index (χ1v) is 11.1. The van der Waals surface area contributed by atoms with Crippen LogP contribution in [0.4, 0.5) is 4.39 Å². The van der Waals surface area contributed by atoms with Gasteiger partial charge in [0.15, 0.2) is 0 Å². The summed E-state index contributed by atoms with van der Waals surface area (Å²) in [4.78, 5) is 27.7. The predicted molar refractivity (Wildman–Crippen MR) is 116 cm³/mol.